The van der Waals surface area contributed by atoms with E-state index in [0.29, 0.717) is 6.17 Å². The van der Waals surface area contributed by atoms with Gasteiger partial charge in [-0.2, -0.15) is 0 Å². The van der Waals surface area contributed by atoms with Gasteiger partial charge in [0.05, 0.1) is 6.17 Å². The average molecular weight is 168 g/mol. The van der Waals surface area contributed by atoms with Gasteiger partial charge in [0.25, 0.3) is 0 Å². The molecule has 2 heteroatoms. The predicted octanol–water partition coefficient (Wildman–Crippen LogP) is 1.33. The number of hydrogen-bond acceptors (Lipinski definition) is 2. The zero-order valence-electron chi connectivity index (χ0n) is 7.97. The van der Waals surface area contributed by atoms with Crippen molar-refractivity contribution in [3.8, 4) is 0 Å². The van der Waals surface area contributed by atoms with Crippen molar-refractivity contribution in [1.82, 2.24) is 10.6 Å². The molecular formula is C10H20N2. The fourth-order valence-corrected chi connectivity index (χ4v) is 2.93. The van der Waals surface area contributed by atoms with Gasteiger partial charge in [-0.15, -0.1) is 0 Å². The summed E-state index contributed by atoms with van der Waals surface area (Å²) in [5.41, 5.74) is 0. The van der Waals surface area contributed by atoms with Crippen LogP contribution in [0, 0.1) is 11.8 Å². The van der Waals surface area contributed by atoms with E-state index in [0.717, 1.165) is 11.8 Å². The maximum absolute atomic E-state index is 3.56. The molecule has 0 aromatic carbocycles. The Morgan fingerprint density at radius 2 is 2.00 bits per heavy atom. The van der Waals surface area contributed by atoms with Gasteiger partial charge in [-0.1, -0.05) is 19.3 Å². The molecule has 1 aliphatic heterocycles. The van der Waals surface area contributed by atoms with E-state index in [1.807, 2.05) is 0 Å². The Morgan fingerprint density at radius 3 is 2.83 bits per heavy atom. The molecule has 0 radical (unpaired) electrons. The zero-order chi connectivity index (χ0) is 8.39. The second kappa shape index (κ2) is 3.75. The summed E-state index contributed by atoms with van der Waals surface area (Å²) in [7, 11) is 2.08. The molecule has 1 heterocycles. The van der Waals surface area contributed by atoms with Crippen LogP contribution in [0.1, 0.15) is 32.1 Å². The van der Waals surface area contributed by atoms with Crippen LogP contribution in [0.2, 0.25) is 0 Å². The minimum absolute atomic E-state index is 0.601. The summed E-state index contributed by atoms with van der Waals surface area (Å²) >= 11 is 0. The van der Waals surface area contributed by atoms with Gasteiger partial charge in [-0.25, -0.2) is 0 Å². The smallest absolute Gasteiger partial charge is 0.0600 e. The van der Waals surface area contributed by atoms with E-state index in [4.69, 9.17) is 0 Å². The van der Waals surface area contributed by atoms with Gasteiger partial charge >= 0.3 is 0 Å². The highest BCUT2D eigenvalue weighted by molar-refractivity contribution is 4.87. The third kappa shape index (κ3) is 1.50. The number of piperidine rings is 1. The van der Waals surface area contributed by atoms with Crippen LogP contribution >= 0.6 is 0 Å². The van der Waals surface area contributed by atoms with Crippen molar-refractivity contribution in [2.75, 3.05) is 13.6 Å². The Balaban J connectivity index is 1.99. The number of hydrogen-bond donors (Lipinski definition) is 2. The molecule has 2 N–H and O–H groups in total. The van der Waals surface area contributed by atoms with Crippen molar-refractivity contribution in [2.24, 2.45) is 11.8 Å². The van der Waals surface area contributed by atoms with E-state index in [9.17, 15) is 0 Å². The molecule has 2 fully saturated rings. The van der Waals surface area contributed by atoms with E-state index in [2.05, 4.69) is 17.7 Å². The van der Waals surface area contributed by atoms with Crippen molar-refractivity contribution in [3.63, 3.8) is 0 Å². The Kier molecular flexibility index (Phi) is 2.66. The van der Waals surface area contributed by atoms with Crippen molar-refractivity contribution in [3.05, 3.63) is 0 Å². The third-order valence-corrected chi connectivity index (χ3v) is 3.59. The molecule has 3 unspecified atom stereocenters. The van der Waals surface area contributed by atoms with Gasteiger partial charge in [0.1, 0.15) is 0 Å². The Labute approximate surface area is 75.1 Å². The summed E-state index contributed by atoms with van der Waals surface area (Å²) in [4.78, 5) is 0. The first-order chi connectivity index (χ1) is 5.92. The molecule has 0 amide bonds. The van der Waals surface area contributed by atoms with Crippen LogP contribution in [0.3, 0.4) is 0 Å². The minimum atomic E-state index is 0.601. The molecule has 0 aromatic heterocycles. The van der Waals surface area contributed by atoms with E-state index < -0.39 is 0 Å². The largest absolute Gasteiger partial charge is 0.305 e. The molecule has 70 valence electrons. The van der Waals surface area contributed by atoms with Gasteiger partial charge in [-0.3, -0.25) is 0 Å². The highest BCUT2D eigenvalue weighted by Gasteiger charge is 2.33. The van der Waals surface area contributed by atoms with Crippen LogP contribution in [-0.2, 0) is 0 Å². The summed E-state index contributed by atoms with van der Waals surface area (Å²) in [5.74, 6) is 1.93. The van der Waals surface area contributed by atoms with Crippen LogP contribution in [0.25, 0.3) is 0 Å². The van der Waals surface area contributed by atoms with Gasteiger partial charge in [-0.05, 0) is 38.3 Å². The van der Waals surface area contributed by atoms with Crippen LogP contribution in [0.4, 0.5) is 0 Å². The van der Waals surface area contributed by atoms with Gasteiger partial charge in [0.2, 0.25) is 0 Å². The second-order valence-electron chi connectivity index (χ2n) is 4.22. The normalized spacial score (nSPS) is 42.2. The first-order valence-electron chi connectivity index (χ1n) is 5.32. The summed E-state index contributed by atoms with van der Waals surface area (Å²) in [6, 6.07) is 0. The monoisotopic (exact) mass is 168 g/mol. The molecule has 2 rings (SSSR count). The maximum atomic E-state index is 3.56. The van der Waals surface area contributed by atoms with Crippen molar-refractivity contribution in [1.29, 1.82) is 0 Å². The van der Waals surface area contributed by atoms with Crippen molar-refractivity contribution in [2.45, 2.75) is 38.3 Å². The lowest BCUT2D eigenvalue weighted by Gasteiger charge is -2.41. The van der Waals surface area contributed by atoms with E-state index in [1.165, 1.54) is 38.6 Å². The van der Waals surface area contributed by atoms with Crippen LogP contribution < -0.4 is 10.6 Å². The third-order valence-electron chi connectivity index (χ3n) is 3.59. The lowest BCUT2D eigenvalue weighted by molar-refractivity contribution is 0.120. The van der Waals surface area contributed by atoms with E-state index in [-0.39, 0.29) is 0 Å². The molecule has 0 aromatic rings. The van der Waals surface area contributed by atoms with E-state index in [1.54, 1.807) is 0 Å². The first-order valence-corrected chi connectivity index (χ1v) is 5.32. The number of rotatable bonds is 1. The number of nitrogens with one attached hydrogen (secondary N) is 2. The van der Waals surface area contributed by atoms with Gasteiger partial charge in [0, 0.05) is 0 Å². The van der Waals surface area contributed by atoms with Crippen LogP contribution in [0.5, 0.6) is 0 Å². The molecule has 0 bridgehead atoms. The zero-order valence-corrected chi connectivity index (χ0v) is 7.97. The second-order valence-corrected chi connectivity index (χ2v) is 4.22. The molecule has 1 aliphatic carbocycles. The Bertz CT molecular complexity index is 138. The van der Waals surface area contributed by atoms with Crippen molar-refractivity contribution < 1.29 is 0 Å². The summed E-state index contributed by atoms with van der Waals surface area (Å²) in [5, 5.41) is 6.95. The maximum Gasteiger partial charge on any atom is 0.0600 e. The van der Waals surface area contributed by atoms with E-state index >= 15 is 0 Å². The topological polar surface area (TPSA) is 24.1 Å². The van der Waals surface area contributed by atoms with Crippen molar-refractivity contribution >= 4 is 0 Å². The lowest BCUT2D eigenvalue weighted by atomic mass is 9.74. The average Bonchev–Trinajstić information content (AvgIpc) is 2.17. The fourth-order valence-electron chi connectivity index (χ4n) is 2.93. The first kappa shape index (κ1) is 8.52. The van der Waals surface area contributed by atoms with Gasteiger partial charge in [0.15, 0.2) is 0 Å². The quantitative estimate of drug-likeness (QED) is 0.617. The molecule has 2 aliphatic rings. The lowest BCUT2D eigenvalue weighted by Crippen LogP contribution is -2.53. The fraction of sp³-hybridized carbons (Fsp3) is 1.00. The predicted molar refractivity (Wildman–Crippen MR) is 50.9 cm³/mol. The molecule has 1 saturated heterocycles. The molecule has 3 atom stereocenters. The van der Waals surface area contributed by atoms with Crippen LogP contribution in [-0.4, -0.2) is 19.8 Å². The molecular weight excluding hydrogens is 148 g/mol. The summed E-state index contributed by atoms with van der Waals surface area (Å²) < 4.78 is 0. The highest BCUT2D eigenvalue weighted by Crippen LogP contribution is 2.35. The standard InChI is InChI=1S/C10H20N2/c1-11-10-9-5-3-2-4-8(9)6-7-12-10/h8-12H,2-7H2,1H3. The van der Waals surface area contributed by atoms with Crippen LogP contribution in [0.15, 0.2) is 0 Å². The summed E-state index contributed by atoms with van der Waals surface area (Å²) in [6.07, 6.45) is 7.83. The Morgan fingerprint density at radius 1 is 1.17 bits per heavy atom. The number of fused-ring (bicyclic) bond motifs is 1. The SMILES string of the molecule is CNC1NCCC2CCCCC21. The molecule has 12 heavy (non-hydrogen) atoms. The molecule has 0 spiro atoms. The molecule has 1 saturated carbocycles. The van der Waals surface area contributed by atoms with Gasteiger partial charge < -0.3 is 10.6 Å². The Hall–Kier alpha value is -0.0800. The molecule has 2 nitrogen and oxygen atoms in total. The highest BCUT2D eigenvalue weighted by atomic mass is 15.1. The summed E-state index contributed by atoms with van der Waals surface area (Å²) in [6.45, 7) is 1.21. The minimum Gasteiger partial charge on any atom is -0.305 e.